The fraction of sp³-hybridized carbons (Fsp3) is 0.250. The molecule has 2 heteroatoms. The molecule has 2 aromatic rings. The number of benzene rings is 1. The second-order valence-corrected chi connectivity index (χ2v) is 4.34. The molecule has 0 bridgehead atoms. The Hall–Kier alpha value is -0.890. The Kier molecular flexibility index (Phi) is 2.55. The van der Waals surface area contributed by atoms with E-state index in [-0.39, 0.29) is 0 Å². The number of aromatic nitrogens is 1. The number of aryl methyl sites for hydroxylation is 2. The van der Waals surface area contributed by atoms with Crippen LogP contribution in [0.25, 0.3) is 10.9 Å². The van der Waals surface area contributed by atoms with Crippen LogP contribution in [0.3, 0.4) is 0 Å². The van der Waals surface area contributed by atoms with Crippen LogP contribution >= 0.6 is 15.9 Å². The average Bonchev–Trinajstić information content (AvgIpc) is 2.17. The molecule has 0 N–H and O–H groups in total. The van der Waals surface area contributed by atoms with E-state index in [9.17, 15) is 0 Å². The lowest BCUT2D eigenvalue weighted by molar-refractivity contribution is 1.07. The molecule has 0 aliphatic carbocycles. The molecule has 72 valence electrons. The summed E-state index contributed by atoms with van der Waals surface area (Å²) < 4.78 is 1.11. The van der Waals surface area contributed by atoms with Gasteiger partial charge in [-0.1, -0.05) is 22.9 Å². The van der Waals surface area contributed by atoms with E-state index in [4.69, 9.17) is 0 Å². The number of rotatable bonds is 1. The molecule has 14 heavy (non-hydrogen) atoms. The zero-order valence-corrected chi connectivity index (χ0v) is 9.93. The minimum Gasteiger partial charge on any atom is -0.253 e. The van der Waals surface area contributed by atoms with Gasteiger partial charge in [0.15, 0.2) is 0 Å². The largest absolute Gasteiger partial charge is 0.253 e. The summed E-state index contributed by atoms with van der Waals surface area (Å²) in [7, 11) is 0. The molecule has 0 atom stereocenters. The highest BCUT2D eigenvalue weighted by atomic mass is 79.9. The van der Waals surface area contributed by atoms with Gasteiger partial charge in [-0.3, -0.25) is 4.98 Å². The third-order valence-electron chi connectivity index (χ3n) is 2.45. The van der Waals surface area contributed by atoms with Gasteiger partial charge in [0.2, 0.25) is 0 Å². The maximum absolute atomic E-state index is 4.57. The molecule has 1 nitrogen and oxygen atoms in total. The lowest BCUT2D eigenvalue weighted by atomic mass is 10.1. The van der Waals surface area contributed by atoms with E-state index in [0.717, 1.165) is 22.1 Å². The van der Waals surface area contributed by atoms with E-state index in [1.54, 1.807) is 0 Å². The minimum absolute atomic E-state index is 1.04. The van der Waals surface area contributed by atoms with Crippen LogP contribution < -0.4 is 0 Å². The summed E-state index contributed by atoms with van der Waals surface area (Å²) >= 11 is 3.47. The normalized spacial score (nSPS) is 10.8. The average molecular weight is 250 g/mol. The molecular weight excluding hydrogens is 238 g/mol. The fourth-order valence-electron chi connectivity index (χ4n) is 1.65. The molecule has 2 rings (SSSR count). The number of hydrogen-bond acceptors (Lipinski definition) is 1. The molecule has 0 saturated heterocycles. The summed E-state index contributed by atoms with van der Waals surface area (Å²) in [6, 6.07) is 8.41. The van der Waals surface area contributed by atoms with Crippen molar-refractivity contribution in [2.45, 2.75) is 20.3 Å². The van der Waals surface area contributed by atoms with E-state index in [1.165, 1.54) is 10.9 Å². The maximum atomic E-state index is 4.57. The number of pyridine rings is 1. The van der Waals surface area contributed by atoms with E-state index in [0.29, 0.717) is 0 Å². The molecule has 0 amide bonds. The summed E-state index contributed by atoms with van der Waals surface area (Å²) in [6.45, 7) is 4.23. The molecule has 0 spiro atoms. The SMILES string of the molecule is CCc1cc2cc(Br)ccc2nc1C. The van der Waals surface area contributed by atoms with Crippen molar-refractivity contribution in [2.24, 2.45) is 0 Å². The van der Waals surface area contributed by atoms with Crippen molar-refractivity contribution in [3.63, 3.8) is 0 Å². The molecule has 0 aliphatic heterocycles. The Bertz CT molecular complexity index is 477. The number of hydrogen-bond donors (Lipinski definition) is 0. The van der Waals surface area contributed by atoms with Crippen LogP contribution in [0.5, 0.6) is 0 Å². The summed E-state index contributed by atoms with van der Waals surface area (Å²) in [5.41, 5.74) is 3.54. The van der Waals surface area contributed by atoms with Crippen LogP contribution in [0.1, 0.15) is 18.2 Å². The second-order valence-electron chi connectivity index (χ2n) is 3.42. The first-order chi connectivity index (χ1) is 6.70. The molecule has 0 radical (unpaired) electrons. The summed E-state index contributed by atoms with van der Waals surface area (Å²) in [6.07, 6.45) is 1.04. The number of nitrogens with zero attached hydrogens (tertiary/aromatic N) is 1. The van der Waals surface area contributed by atoms with Crippen molar-refractivity contribution in [3.05, 3.63) is 40.0 Å². The Morgan fingerprint density at radius 3 is 2.79 bits per heavy atom. The second kappa shape index (κ2) is 3.70. The van der Waals surface area contributed by atoms with E-state index in [2.05, 4.69) is 46.9 Å². The molecule has 0 fully saturated rings. The summed E-state index contributed by atoms with van der Waals surface area (Å²) in [4.78, 5) is 4.57. The van der Waals surface area contributed by atoms with Gasteiger partial charge in [-0.25, -0.2) is 0 Å². The molecule has 0 saturated carbocycles. The van der Waals surface area contributed by atoms with Gasteiger partial charge in [0, 0.05) is 15.6 Å². The predicted octanol–water partition coefficient (Wildman–Crippen LogP) is 3.87. The van der Waals surface area contributed by atoms with Crippen molar-refractivity contribution in [3.8, 4) is 0 Å². The van der Waals surface area contributed by atoms with Crippen LogP contribution in [0.2, 0.25) is 0 Å². The van der Waals surface area contributed by atoms with Crippen molar-refractivity contribution in [1.29, 1.82) is 0 Å². The van der Waals surface area contributed by atoms with E-state index < -0.39 is 0 Å². The zero-order valence-electron chi connectivity index (χ0n) is 8.34. The Labute approximate surface area is 92.3 Å². The maximum Gasteiger partial charge on any atom is 0.0706 e. The van der Waals surface area contributed by atoms with Crippen LogP contribution in [0.15, 0.2) is 28.7 Å². The van der Waals surface area contributed by atoms with Crippen molar-refractivity contribution < 1.29 is 0 Å². The van der Waals surface area contributed by atoms with Crippen molar-refractivity contribution in [2.75, 3.05) is 0 Å². The molecular formula is C12H12BrN. The van der Waals surface area contributed by atoms with Gasteiger partial charge in [0.05, 0.1) is 5.52 Å². The summed E-state index contributed by atoms with van der Waals surface area (Å²) in [5, 5.41) is 1.21. The van der Waals surface area contributed by atoms with Gasteiger partial charge in [0.1, 0.15) is 0 Å². The first kappa shape index (κ1) is 9.66. The van der Waals surface area contributed by atoms with Crippen LogP contribution in [-0.2, 0) is 6.42 Å². The Balaban J connectivity index is 2.73. The Morgan fingerprint density at radius 1 is 1.29 bits per heavy atom. The number of halogens is 1. The quantitative estimate of drug-likeness (QED) is 0.748. The standard InChI is InChI=1S/C12H12BrN/c1-3-9-6-10-7-11(13)4-5-12(10)14-8(9)2/h4-7H,3H2,1-2H3. The predicted molar refractivity (Wildman–Crippen MR) is 63.6 cm³/mol. The first-order valence-corrected chi connectivity index (χ1v) is 5.56. The van der Waals surface area contributed by atoms with Gasteiger partial charge in [-0.2, -0.15) is 0 Å². The van der Waals surface area contributed by atoms with Crippen LogP contribution in [0.4, 0.5) is 0 Å². The first-order valence-electron chi connectivity index (χ1n) is 4.76. The van der Waals surface area contributed by atoms with Crippen LogP contribution in [0, 0.1) is 6.92 Å². The molecule has 0 unspecified atom stereocenters. The van der Waals surface area contributed by atoms with E-state index >= 15 is 0 Å². The highest BCUT2D eigenvalue weighted by molar-refractivity contribution is 9.10. The third kappa shape index (κ3) is 1.67. The van der Waals surface area contributed by atoms with Gasteiger partial charge in [-0.15, -0.1) is 0 Å². The smallest absolute Gasteiger partial charge is 0.0706 e. The molecule has 1 aromatic carbocycles. The molecule has 1 heterocycles. The Morgan fingerprint density at radius 2 is 2.07 bits per heavy atom. The highest BCUT2D eigenvalue weighted by Crippen LogP contribution is 2.21. The van der Waals surface area contributed by atoms with Gasteiger partial charge in [0.25, 0.3) is 0 Å². The third-order valence-corrected chi connectivity index (χ3v) is 2.95. The van der Waals surface area contributed by atoms with Crippen LogP contribution in [-0.4, -0.2) is 4.98 Å². The minimum atomic E-state index is 1.04. The lowest BCUT2D eigenvalue weighted by Gasteiger charge is -2.05. The van der Waals surface area contributed by atoms with Gasteiger partial charge >= 0.3 is 0 Å². The highest BCUT2D eigenvalue weighted by Gasteiger charge is 2.01. The zero-order chi connectivity index (χ0) is 10.1. The summed E-state index contributed by atoms with van der Waals surface area (Å²) in [5.74, 6) is 0. The number of fused-ring (bicyclic) bond motifs is 1. The monoisotopic (exact) mass is 249 g/mol. The molecule has 1 aromatic heterocycles. The lowest BCUT2D eigenvalue weighted by Crippen LogP contribution is -1.91. The topological polar surface area (TPSA) is 12.9 Å². The van der Waals surface area contributed by atoms with E-state index in [1.807, 2.05) is 12.1 Å². The fourth-order valence-corrected chi connectivity index (χ4v) is 2.02. The van der Waals surface area contributed by atoms with Crippen molar-refractivity contribution >= 4 is 26.8 Å². The van der Waals surface area contributed by atoms with Crippen molar-refractivity contribution in [1.82, 2.24) is 4.98 Å². The molecule has 0 aliphatic rings. The van der Waals surface area contributed by atoms with Gasteiger partial charge in [-0.05, 0) is 43.2 Å². The van der Waals surface area contributed by atoms with Gasteiger partial charge < -0.3 is 0 Å².